The van der Waals surface area contributed by atoms with E-state index in [4.69, 9.17) is 4.74 Å². The maximum absolute atomic E-state index is 10.5. The van der Waals surface area contributed by atoms with E-state index in [9.17, 15) is 4.79 Å². The summed E-state index contributed by atoms with van der Waals surface area (Å²) in [5, 5.41) is 0. The number of ether oxygens (including phenoxy) is 1. The third kappa shape index (κ3) is 14.9. The Hall–Kier alpha value is -1.05. The van der Waals surface area contributed by atoms with Gasteiger partial charge in [-0.3, -0.25) is 4.79 Å². The zero-order valence-corrected chi connectivity index (χ0v) is 12.0. The van der Waals surface area contributed by atoms with Gasteiger partial charge in [-0.1, -0.05) is 56.4 Å². The van der Waals surface area contributed by atoms with Crippen LogP contribution in [0.5, 0.6) is 0 Å². The molecule has 0 spiro atoms. The van der Waals surface area contributed by atoms with Crippen molar-refractivity contribution in [3.63, 3.8) is 0 Å². The van der Waals surface area contributed by atoms with Gasteiger partial charge in [0.2, 0.25) is 0 Å². The molecule has 0 atom stereocenters. The van der Waals surface area contributed by atoms with Crippen LogP contribution >= 0.6 is 0 Å². The second kappa shape index (κ2) is 14.0. The van der Waals surface area contributed by atoms with Gasteiger partial charge in [0.1, 0.15) is 0 Å². The van der Waals surface area contributed by atoms with Crippen molar-refractivity contribution in [2.75, 3.05) is 6.61 Å². The number of hydrogen-bond acceptors (Lipinski definition) is 2. The average Bonchev–Trinajstić information content (AvgIpc) is 2.34. The summed E-state index contributed by atoms with van der Waals surface area (Å²) in [6, 6.07) is 0. The molecule has 2 nitrogen and oxygen atoms in total. The van der Waals surface area contributed by atoms with Crippen LogP contribution in [0.15, 0.2) is 24.3 Å². The van der Waals surface area contributed by atoms with E-state index in [1.807, 2.05) is 13.0 Å². The molecule has 0 aliphatic rings. The van der Waals surface area contributed by atoms with Crippen LogP contribution in [0.3, 0.4) is 0 Å². The van der Waals surface area contributed by atoms with E-state index in [-0.39, 0.29) is 5.97 Å². The van der Waals surface area contributed by atoms with Gasteiger partial charge >= 0.3 is 5.97 Å². The van der Waals surface area contributed by atoms with E-state index < -0.39 is 0 Å². The molecular formula is C16H28O2. The van der Waals surface area contributed by atoms with Crippen LogP contribution in [0, 0.1) is 0 Å². The normalized spacial score (nSPS) is 11.4. The fourth-order valence-corrected chi connectivity index (χ4v) is 1.75. The first-order valence-corrected chi connectivity index (χ1v) is 7.18. The Kier molecular flexibility index (Phi) is 13.2. The van der Waals surface area contributed by atoms with Crippen LogP contribution in [0.25, 0.3) is 0 Å². The van der Waals surface area contributed by atoms with Crippen LogP contribution in [0.4, 0.5) is 0 Å². The predicted octanol–water partition coefficient (Wildman–Crippen LogP) is 4.80. The summed E-state index contributed by atoms with van der Waals surface area (Å²) >= 11 is 0. The van der Waals surface area contributed by atoms with Crippen LogP contribution in [0.2, 0.25) is 0 Å². The highest BCUT2D eigenvalue weighted by Crippen LogP contribution is 2.09. The number of allylic oxidation sites excluding steroid dienone is 4. The zero-order chi connectivity index (χ0) is 13.5. The largest absolute Gasteiger partial charge is 0.466 e. The third-order valence-electron chi connectivity index (χ3n) is 2.76. The standard InChI is InChI=1S/C16H28O2/c1-3-4-5-6-7-8-9-10-11-12-13-14-15-18-16(2)17/h3-6H,7-15H2,1-2H3. The van der Waals surface area contributed by atoms with Crippen molar-refractivity contribution in [1.82, 2.24) is 0 Å². The molecule has 0 aromatic heterocycles. The molecule has 0 aliphatic carbocycles. The van der Waals surface area contributed by atoms with Gasteiger partial charge in [0.05, 0.1) is 6.61 Å². The molecule has 0 radical (unpaired) electrons. The molecule has 2 heteroatoms. The topological polar surface area (TPSA) is 26.3 Å². The highest BCUT2D eigenvalue weighted by atomic mass is 16.5. The number of carbonyl (C=O) groups excluding carboxylic acids is 1. The van der Waals surface area contributed by atoms with Crippen molar-refractivity contribution in [2.24, 2.45) is 0 Å². The summed E-state index contributed by atoms with van der Waals surface area (Å²) in [6.07, 6.45) is 18.4. The van der Waals surface area contributed by atoms with E-state index in [1.54, 1.807) is 0 Å². The Morgan fingerprint density at radius 1 is 0.944 bits per heavy atom. The van der Waals surface area contributed by atoms with E-state index >= 15 is 0 Å². The Morgan fingerprint density at radius 2 is 1.56 bits per heavy atom. The molecule has 0 heterocycles. The molecule has 0 rings (SSSR count). The first-order chi connectivity index (χ1) is 8.77. The van der Waals surface area contributed by atoms with Crippen LogP contribution in [-0.4, -0.2) is 12.6 Å². The summed E-state index contributed by atoms with van der Waals surface area (Å²) < 4.78 is 4.88. The first-order valence-electron chi connectivity index (χ1n) is 7.18. The van der Waals surface area contributed by atoms with Crippen molar-refractivity contribution in [1.29, 1.82) is 0 Å². The second-order valence-corrected chi connectivity index (χ2v) is 4.56. The molecular weight excluding hydrogens is 224 g/mol. The molecule has 0 amide bonds. The maximum atomic E-state index is 10.5. The van der Waals surface area contributed by atoms with Gasteiger partial charge in [0.25, 0.3) is 0 Å². The maximum Gasteiger partial charge on any atom is 0.302 e. The van der Waals surface area contributed by atoms with Gasteiger partial charge in [0, 0.05) is 6.92 Å². The number of unbranched alkanes of at least 4 members (excludes halogenated alkanes) is 7. The van der Waals surface area contributed by atoms with Crippen molar-refractivity contribution in [3.8, 4) is 0 Å². The van der Waals surface area contributed by atoms with Crippen molar-refractivity contribution < 1.29 is 9.53 Å². The minimum absolute atomic E-state index is 0.166. The summed E-state index contributed by atoms with van der Waals surface area (Å²) in [4.78, 5) is 10.5. The van der Waals surface area contributed by atoms with E-state index in [1.165, 1.54) is 51.9 Å². The summed E-state index contributed by atoms with van der Waals surface area (Å²) in [5.74, 6) is -0.166. The van der Waals surface area contributed by atoms with Crippen molar-refractivity contribution >= 4 is 5.97 Å². The Morgan fingerprint density at radius 3 is 2.17 bits per heavy atom. The lowest BCUT2D eigenvalue weighted by atomic mass is 10.1. The SMILES string of the molecule is CC=CC=CCCCCCCCCCOC(C)=O. The summed E-state index contributed by atoms with van der Waals surface area (Å²) in [7, 11) is 0. The lowest BCUT2D eigenvalue weighted by Crippen LogP contribution is -1.99. The first kappa shape index (κ1) is 16.9. The van der Waals surface area contributed by atoms with Crippen LogP contribution in [-0.2, 0) is 9.53 Å². The molecule has 0 aromatic carbocycles. The fourth-order valence-electron chi connectivity index (χ4n) is 1.75. The molecule has 0 unspecified atom stereocenters. The number of rotatable bonds is 11. The molecule has 0 fully saturated rings. The monoisotopic (exact) mass is 252 g/mol. The van der Waals surface area contributed by atoms with E-state index in [0.29, 0.717) is 6.61 Å². The number of esters is 1. The minimum Gasteiger partial charge on any atom is -0.466 e. The molecule has 0 N–H and O–H groups in total. The van der Waals surface area contributed by atoms with Gasteiger partial charge in [-0.2, -0.15) is 0 Å². The zero-order valence-electron chi connectivity index (χ0n) is 12.0. The van der Waals surface area contributed by atoms with Gasteiger partial charge in [-0.15, -0.1) is 0 Å². The predicted molar refractivity (Wildman–Crippen MR) is 77.5 cm³/mol. The van der Waals surface area contributed by atoms with Crippen molar-refractivity contribution in [3.05, 3.63) is 24.3 Å². The molecule has 0 saturated carbocycles. The average molecular weight is 252 g/mol. The molecule has 0 aromatic rings. The third-order valence-corrected chi connectivity index (χ3v) is 2.76. The van der Waals surface area contributed by atoms with Crippen molar-refractivity contribution in [2.45, 2.75) is 65.2 Å². The van der Waals surface area contributed by atoms with Crippen LogP contribution < -0.4 is 0 Å². The smallest absolute Gasteiger partial charge is 0.302 e. The van der Waals surface area contributed by atoms with Crippen LogP contribution in [0.1, 0.15) is 65.2 Å². The molecule has 0 bridgehead atoms. The van der Waals surface area contributed by atoms with Gasteiger partial charge in [0.15, 0.2) is 0 Å². The minimum atomic E-state index is -0.166. The Balaban J connectivity index is 3.05. The molecule has 18 heavy (non-hydrogen) atoms. The quantitative estimate of drug-likeness (QED) is 0.300. The number of carbonyl (C=O) groups is 1. The number of hydrogen-bond donors (Lipinski definition) is 0. The lowest BCUT2D eigenvalue weighted by molar-refractivity contribution is -0.141. The van der Waals surface area contributed by atoms with Gasteiger partial charge in [-0.25, -0.2) is 0 Å². The van der Waals surface area contributed by atoms with E-state index in [0.717, 1.165) is 6.42 Å². The Labute approximate surface area is 112 Å². The Bertz CT molecular complexity index is 241. The second-order valence-electron chi connectivity index (χ2n) is 4.56. The summed E-state index contributed by atoms with van der Waals surface area (Å²) in [5.41, 5.74) is 0. The van der Waals surface area contributed by atoms with E-state index in [2.05, 4.69) is 18.2 Å². The highest BCUT2D eigenvalue weighted by Gasteiger charge is 1.94. The lowest BCUT2D eigenvalue weighted by Gasteiger charge is -2.02. The molecule has 104 valence electrons. The van der Waals surface area contributed by atoms with Gasteiger partial charge in [-0.05, 0) is 26.2 Å². The molecule has 0 aliphatic heterocycles. The highest BCUT2D eigenvalue weighted by molar-refractivity contribution is 5.65. The fraction of sp³-hybridized carbons (Fsp3) is 0.688. The summed E-state index contributed by atoms with van der Waals surface area (Å²) in [6.45, 7) is 4.08. The van der Waals surface area contributed by atoms with Gasteiger partial charge < -0.3 is 4.74 Å². The molecule has 0 saturated heterocycles.